The Hall–Kier alpha value is -0.603. The number of hydrogen-bond acceptors (Lipinski definition) is 1. The van der Waals surface area contributed by atoms with Crippen molar-refractivity contribution in [2.45, 2.75) is 31.0 Å². The maximum absolute atomic E-state index is 9.93. The molecule has 0 heterocycles. The maximum Gasteiger partial charge on any atom is 0.186 e. The molecular weight excluding hydrogens is 176 g/mol. The predicted molar refractivity (Wildman–Crippen MR) is 57.3 cm³/mol. The van der Waals surface area contributed by atoms with Gasteiger partial charge in [0.1, 0.15) is 0 Å². The fraction of sp³-hybridized carbons (Fsp3) is 0.455. The van der Waals surface area contributed by atoms with Crippen LogP contribution in [0.5, 0.6) is 0 Å². The van der Waals surface area contributed by atoms with E-state index in [0.29, 0.717) is 11.5 Å². The first-order valence-corrected chi connectivity index (χ1v) is 7.89. The summed E-state index contributed by atoms with van der Waals surface area (Å²) in [6, 6.07) is 10.5. The summed E-state index contributed by atoms with van der Waals surface area (Å²) in [6.07, 6.45) is 1.19. The Morgan fingerprint density at radius 2 is 1.85 bits per heavy atom. The largest absolute Gasteiger partial charge is 0.432 e. The minimum absolute atomic E-state index is 0.592. The van der Waals surface area contributed by atoms with Gasteiger partial charge in [-0.3, -0.25) is 0 Å². The lowest BCUT2D eigenvalue weighted by molar-refractivity contribution is 0.545. The van der Waals surface area contributed by atoms with Crippen molar-refractivity contribution in [2.75, 3.05) is 0 Å². The minimum atomic E-state index is -1.87. The molecule has 0 spiro atoms. The molecule has 1 N–H and O–H groups in total. The molecule has 0 radical (unpaired) electrons. The summed E-state index contributed by atoms with van der Waals surface area (Å²) in [5.41, 5.74) is 2.00. The minimum Gasteiger partial charge on any atom is -0.432 e. The highest BCUT2D eigenvalue weighted by Gasteiger charge is 2.48. The van der Waals surface area contributed by atoms with Crippen LogP contribution >= 0.6 is 0 Å². The lowest BCUT2D eigenvalue weighted by Crippen LogP contribution is -2.25. The molecule has 0 saturated heterocycles. The SMILES string of the molecule is C[Si](C)(O)C1CC1c1ccccc1. The summed E-state index contributed by atoms with van der Waals surface area (Å²) in [5, 5.41) is 0. The second-order valence-electron chi connectivity index (χ2n) is 4.51. The fourth-order valence-electron chi connectivity index (χ4n) is 2.04. The molecule has 1 aromatic carbocycles. The third-order valence-electron chi connectivity index (χ3n) is 2.93. The van der Waals surface area contributed by atoms with E-state index in [0.717, 1.165) is 0 Å². The van der Waals surface area contributed by atoms with E-state index in [9.17, 15) is 4.80 Å². The van der Waals surface area contributed by atoms with Gasteiger partial charge in [0.05, 0.1) is 0 Å². The molecule has 1 saturated carbocycles. The zero-order valence-corrected chi connectivity index (χ0v) is 9.20. The molecule has 13 heavy (non-hydrogen) atoms. The summed E-state index contributed by atoms with van der Waals surface area (Å²) in [7, 11) is -1.87. The normalized spacial score (nSPS) is 27.3. The van der Waals surface area contributed by atoms with Crippen molar-refractivity contribution in [3.05, 3.63) is 35.9 Å². The second kappa shape index (κ2) is 2.96. The van der Waals surface area contributed by atoms with Gasteiger partial charge in [-0.2, -0.15) is 0 Å². The Balaban J connectivity index is 2.09. The summed E-state index contributed by atoms with van der Waals surface area (Å²) in [4.78, 5) is 9.93. The van der Waals surface area contributed by atoms with E-state index < -0.39 is 8.32 Å². The monoisotopic (exact) mass is 192 g/mol. The van der Waals surface area contributed by atoms with Crippen LogP contribution in [0, 0.1) is 0 Å². The first-order valence-electron chi connectivity index (χ1n) is 4.86. The van der Waals surface area contributed by atoms with Gasteiger partial charge in [-0.1, -0.05) is 30.3 Å². The van der Waals surface area contributed by atoms with Crippen molar-refractivity contribution < 1.29 is 4.80 Å². The van der Waals surface area contributed by atoms with Crippen molar-refractivity contribution in [3.63, 3.8) is 0 Å². The Morgan fingerprint density at radius 3 is 2.31 bits per heavy atom. The molecule has 0 amide bonds. The highest BCUT2D eigenvalue weighted by molar-refractivity contribution is 6.72. The van der Waals surface area contributed by atoms with Crippen molar-refractivity contribution in [1.29, 1.82) is 0 Å². The van der Waals surface area contributed by atoms with E-state index in [1.54, 1.807) is 0 Å². The molecule has 1 aliphatic rings. The van der Waals surface area contributed by atoms with Crippen molar-refractivity contribution >= 4 is 8.32 Å². The van der Waals surface area contributed by atoms with Gasteiger partial charge < -0.3 is 4.80 Å². The molecule has 2 atom stereocenters. The quantitative estimate of drug-likeness (QED) is 0.714. The van der Waals surface area contributed by atoms with Crippen LogP contribution in [0.3, 0.4) is 0 Å². The zero-order chi connectivity index (χ0) is 9.47. The topological polar surface area (TPSA) is 20.2 Å². The van der Waals surface area contributed by atoms with Crippen LogP contribution < -0.4 is 0 Å². The van der Waals surface area contributed by atoms with Crippen LogP contribution in [0.25, 0.3) is 0 Å². The molecular formula is C11H16OSi. The second-order valence-corrected chi connectivity index (χ2v) is 8.56. The molecule has 2 rings (SSSR count). The summed E-state index contributed by atoms with van der Waals surface area (Å²) < 4.78 is 0. The van der Waals surface area contributed by atoms with Crippen LogP contribution in [-0.4, -0.2) is 13.1 Å². The van der Waals surface area contributed by atoms with E-state index in [4.69, 9.17) is 0 Å². The molecule has 0 aliphatic heterocycles. The van der Waals surface area contributed by atoms with E-state index in [2.05, 4.69) is 24.3 Å². The van der Waals surface area contributed by atoms with E-state index in [1.807, 2.05) is 19.2 Å². The van der Waals surface area contributed by atoms with E-state index >= 15 is 0 Å². The number of hydrogen-bond donors (Lipinski definition) is 1. The third kappa shape index (κ3) is 1.84. The molecule has 1 aliphatic carbocycles. The Labute approximate surface area is 80.5 Å². The summed E-state index contributed by atoms with van der Waals surface area (Å²) in [5.74, 6) is 0.646. The summed E-state index contributed by atoms with van der Waals surface area (Å²) >= 11 is 0. The first kappa shape index (κ1) is 8.97. The molecule has 0 aromatic heterocycles. The highest BCUT2D eigenvalue weighted by Crippen LogP contribution is 2.57. The maximum atomic E-state index is 9.93. The average molecular weight is 192 g/mol. The molecule has 70 valence electrons. The molecule has 2 heteroatoms. The number of rotatable bonds is 2. The first-order chi connectivity index (χ1) is 6.09. The average Bonchev–Trinajstić information content (AvgIpc) is 2.83. The lowest BCUT2D eigenvalue weighted by atomic mass is 10.1. The Morgan fingerprint density at radius 1 is 1.23 bits per heavy atom. The van der Waals surface area contributed by atoms with E-state index in [1.165, 1.54) is 12.0 Å². The fourth-order valence-corrected chi connectivity index (χ4v) is 4.05. The Kier molecular flexibility index (Phi) is 2.04. The van der Waals surface area contributed by atoms with Gasteiger partial charge in [0.25, 0.3) is 0 Å². The van der Waals surface area contributed by atoms with Gasteiger partial charge in [-0.05, 0) is 36.5 Å². The molecule has 0 bridgehead atoms. The lowest BCUT2D eigenvalue weighted by Gasteiger charge is -2.13. The van der Waals surface area contributed by atoms with Crippen LogP contribution in [0.4, 0.5) is 0 Å². The van der Waals surface area contributed by atoms with Gasteiger partial charge in [0.2, 0.25) is 0 Å². The highest BCUT2D eigenvalue weighted by atomic mass is 28.4. The van der Waals surface area contributed by atoms with Crippen LogP contribution in [0.2, 0.25) is 18.6 Å². The molecule has 2 unspecified atom stereocenters. The summed E-state index contributed by atoms with van der Waals surface area (Å²) in [6.45, 7) is 4.08. The Bertz CT molecular complexity index is 289. The van der Waals surface area contributed by atoms with Crippen molar-refractivity contribution in [1.82, 2.24) is 0 Å². The predicted octanol–water partition coefficient (Wildman–Crippen LogP) is 2.74. The molecule has 1 fully saturated rings. The van der Waals surface area contributed by atoms with Gasteiger partial charge in [-0.15, -0.1) is 0 Å². The van der Waals surface area contributed by atoms with Crippen LogP contribution in [0.15, 0.2) is 30.3 Å². The van der Waals surface area contributed by atoms with Crippen LogP contribution in [0.1, 0.15) is 17.9 Å². The molecule has 1 aromatic rings. The number of benzene rings is 1. The van der Waals surface area contributed by atoms with Gasteiger partial charge >= 0.3 is 0 Å². The zero-order valence-electron chi connectivity index (χ0n) is 8.20. The van der Waals surface area contributed by atoms with E-state index in [-0.39, 0.29) is 0 Å². The third-order valence-corrected chi connectivity index (χ3v) is 5.38. The van der Waals surface area contributed by atoms with Crippen molar-refractivity contribution in [2.24, 2.45) is 0 Å². The smallest absolute Gasteiger partial charge is 0.186 e. The van der Waals surface area contributed by atoms with Gasteiger partial charge in [-0.25, -0.2) is 0 Å². The van der Waals surface area contributed by atoms with Crippen LogP contribution in [-0.2, 0) is 0 Å². The van der Waals surface area contributed by atoms with Gasteiger partial charge in [0, 0.05) is 0 Å². The standard InChI is InChI=1S/C11H16OSi/c1-13(2,12)11-8-10(11)9-6-4-3-5-7-9/h3-7,10-12H,8H2,1-2H3. The molecule has 1 nitrogen and oxygen atoms in total. The van der Waals surface area contributed by atoms with Crippen molar-refractivity contribution in [3.8, 4) is 0 Å². The van der Waals surface area contributed by atoms with Gasteiger partial charge in [0.15, 0.2) is 8.32 Å².